The first-order chi connectivity index (χ1) is 13.1. The summed E-state index contributed by atoms with van der Waals surface area (Å²) >= 11 is -1.99. The smallest absolute Gasteiger partial charge is 0.610 e. The zero-order valence-electron chi connectivity index (χ0n) is 15.8. The van der Waals surface area contributed by atoms with E-state index in [0.29, 0.717) is 0 Å². The minimum atomic E-state index is -1.99. The van der Waals surface area contributed by atoms with Crippen LogP contribution in [-0.4, -0.2) is 24.8 Å². The molecule has 27 heavy (non-hydrogen) atoms. The molecule has 0 unspecified atom stereocenters. The molecule has 0 N–H and O–H groups in total. The molecule has 0 spiro atoms. The number of aromatic nitrogens is 2. The number of nitrogens with zero attached hydrogens (tertiary/aromatic N) is 2. The SMILES string of the molecule is C[CH2][Al]([O]c1cccc2ccc(C)nc12)[O]c1cccc2ccc(C)nc12. The molecule has 5 heteroatoms. The van der Waals surface area contributed by atoms with Crippen molar-refractivity contribution < 1.29 is 7.58 Å². The zero-order valence-corrected chi connectivity index (χ0v) is 16.9. The van der Waals surface area contributed by atoms with Crippen LogP contribution in [0, 0.1) is 13.8 Å². The lowest BCUT2D eigenvalue weighted by Gasteiger charge is -2.17. The Bertz CT molecular complexity index is 1030. The summed E-state index contributed by atoms with van der Waals surface area (Å²) in [6.07, 6.45) is 0. The highest BCUT2D eigenvalue weighted by Crippen LogP contribution is 2.28. The van der Waals surface area contributed by atoms with E-state index < -0.39 is 14.8 Å². The molecule has 2 aromatic carbocycles. The minimum absolute atomic E-state index is 0.791. The highest BCUT2D eigenvalue weighted by Gasteiger charge is 2.31. The van der Waals surface area contributed by atoms with Crippen LogP contribution >= 0.6 is 0 Å². The highest BCUT2D eigenvalue weighted by molar-refractivity contribution is 6.46. The lowest BCUT2D eigenvalue weighted by atomic mass is 10.2. The minimum Gasteiger partial charge on any atom is -0.610 e. The van der Waals surface area contributed by atoms with Crippen molar-refractivity contribution in [2.45, 2.75) is 26.1 Å². The van der Waals surface area contributed by atoms with E-state index in [2.05, 4.69) is 41.2 Å². The molecule has 2 heterocycles. The number of benzene rings is 2. The third-order valence-electron chi connectivity index (χ3n) is 4.50. The molecule has 0 aliphatic carbocycles. The second kappa shape index (κ2) is 7.56. The van der Waals surface area contributed by atoms with Gasteiger partial charge >= 0.3 is 14.8 Å². The Balaban J connectivity index is 1.67. The third kappa shape index (κ3) is 3.76. The van der Waals surface area contributed by atoms with Crippen LogP contribution in [0.5, 0.6) is 11.5 Å². The lowest BCUT2D eigenvalue weighted by molar-refractivity contribution is 0.427. The second-order valence-corrected chi connectivity index (χ2v) is 8.78. The van der Waals surface area contributed by atoms with Gasteiger partial charge in [-0.25, -0.2) is 9.97 Å². The number of para-hydroxylation sites is 2. The van der Waals surface area contributed by atoms with E-state index in [1.54, 1.807) is 0 Å². The van der Waals surface area contributed by atoms with Gasteiger partial charge in [0.25, 0.3) is 0 Å². The zero-order chi connectivity index (χ0) is 18.8. The third-order valence-corrected chi connectivity index (χ3v) is 6.20. The summed E-state index contributed by atoms with van der Waals surface area (Å²) in [5.74, 6) is 1.58. The molecule has 0 radical (unpaired) electrons. The first-order valence-corrected chi connectivity index (χ1v) is 11.0. The maximum absolute atomic E-state index is 6.34. The van der Waals surface area contributed by atoms with E-state index >= 15 is 0 Å². The average molecular weight is 372 g/mol. The molecule has 0 fully saturated rings. The van der Waals surface area contributed by atoms with Crippen molar-refractivity contribution in [1.29, 1.82) is 0 Å². The van der Waals surface area contributed by atoms with Crippen LogP contribution in [0.2, 0.25) is 5.28 Å². The Hall–Kier alpha value is -2.61. The summed E-state index contributed by atoms with van der Waals surface area (Å²) in [7, 11) is 0. The largest absolute Gasteiger partial charge is 0.856 e. The van der Waals surface area contributed by atoms with E-state index in [9.17, 15) is 0 Å². The van der Waals surface area contributed by atoms with Gasteiger partial charge in [0.1, 0.15) is 22.5 Å². The molecule has 0 atom stereocenters. The van der Waals surface area contributed by atoms with Crippen molar-refractivity contribution in [1.82, 2.24) is 9.97 Å². The van der Waals surface area contributed by atoms with Gasteiger partial charge in [0.15, 0.2) is 0 Å². The maximum atomic E-state index is 6.34. The van der Waals surface area contributed by atoms with Crippen molar-refractivity contribution >= 4 is 36.6 Å². The van der Waals surface area contributed by atoms with E-state index in [0.717, 1.165) is 50.0 Å². The predicted octanol–water partition coefficient (Wildman–Crippen LogP) is 5.37. The fourth-order valence-electron chi connectivity index (χ4n) is 3.10. The number of aryl methyl sites for hydroxylation is 2. The Kier molecular flexibility index (Phi) is 4.98. The summed E-state index contributed by atoms with van der Waals surface area (Å²) < 4.78 is 12.7. The number of hydrogen-bond acceptors (Lipinski definition) is 4. The number of hydrogen-bond donors (Lipinski definition) is 0. The van der Waals surface area contributed by atoms with Gasteiger partial charge in [-0.05, 0) is 43.4 Å². The standard InChI is InChI=1S/2C10H9NO.C2H5.Al/c2*1-7-5-6-8-3-2-4-9(12)10(8)11-7;1-2;/h2*2-6,12H,1H3;1H2,2H3;/q;;;+2/p-2. The van der Waals surface area contributed by atoms with Gasteiger partial charge in [-0.1, -0.05) is 43.3 Å². The van der Waals surface area contributed by atoms with Crippen molar-refractivity contribution in [2.24, 2.45) is 0 Å². The molecule has 2 aromatic heterocycles. The number of pyridine rings is 2. The van der Waals surface area contributed by atoms with Gasteiger partial charge in [0.2, 0.25) is 0 Å². The molecule has 4 nitrogen and oxygen atoms in total. The van der Waals surface area contributed by atoms with Crippen molar-refractivity contribution in [2.75, 3.05) is 0 Å². The quantitative estimate of drug-likeness (QED) is 0.442. The fourth-order valence-corrected chi connectivity index (χ4v) is 4.43. The Morgan fingerprint density at radius 1 is 0.704 bits per heavy atom. The van der Waals surface area contributed by atoms with Crippen LogP contribution in [0.15, 0.2) is 60.7 Å². The van der Waals surface area contributed by atoms with E-state index in [1.807, 2.05) is 50.2 Å². The fraction of sp³-hybridized carbons (Fsp3) is 0.182. The summed E-state index contributed by atoms with van der Waals surface area (Å²) in [5.41, 5.74) is 3.73. The highest BCUT2D eigenvalue weighted by atomic mass is 27.2. The molecule has 0 aliphatic heterocycles. The molecule has 4 aromatic rings. The van der Waals surface area contributed by atoms with Gasteiger partial charge < -0.3 is 7.58 Å². The van der Waals surface area contributed by atoms with E-state index in [1.165, 1.54) is 0 Å². The van der Waals surface area contributed by atoms with Crippen LogP contribution in [0.4, 0.5) is 0 Å². The average Bonchev–Trinajstić information content (AvgIpc) is 2.68. The molecular weight excluding hydrogens is 351 g/mol. The van der Waals surface area contributed by atoms with Gasteiger partial charge in [-0.2, -0.15) is 0 Å². The molecule has 134 valence electrons. The lowest BCUT2D eigenvalue weighted by Crippen LogP contribution is -2.29. The second-order valence-electron chi connectivity index (χ2n) is 6.63. The maximum Gasteiger partial charge on any atom is 0.856 e. The number of fused-ring (bicyclic) bond motifs is 2. The van der Waals surface area contributed by atoms with Gasteiger partial charge in [-0.15, -0.1) is 0 Å². The Morgan fingerprint density at radius 3 is 1.63 bits per heavy atom. The van der Waals surface area contributed by atoms with E-state index in [4.69, 9.17) is 7.58 Å². The van der Waals surface area contributed by atoms with Crippen molar-refractivity contribution in [3.05, 3.63) is 72.1 Å². The number of rotatable bonds is 5. The Labute approximate surface area is 163 Å². The topological polar surface area (TPSA) is 44.2 Å². The van der Waals surface area contributed by atoms with Crippen LogP contribution in [0.25, 0.3) is 21.8 Å². The summed E-state index contributed by atoms with van der Waals surface area (Å²) in [6.45, 7) is 6.08. The first-order valence-electron chi connectivity index (χ1n) is 9.20. The molecule has 0 bridgehead atoms. The monoisotopic (exact) mass is 372 g/mol. The Morgan fingerprint density at radius 2 is 1.19 bits per heavy atom. The predicted molar refractivity (Wildman–Crippen MR) is 110 cm³/mol. The van der Waals surface area contributed by atoms with Gasteiger partial charge in [0.05, 0.1) is 0 Å². The van der Waals surface area contributed by atoms with Crippen LogP contribution in [-0.2, 0) is 0 Å². The molecular formula is C22H21AlN2O2. The first kappa shape index (κ1) is 17.8. The van der Waals surface area contributed by atoms with Crippen LogP contribution in [0.3, 0.4) is 0 Å². The van der Waals surface area contributed by atoms with Gasteiger partial charge in [0, 0.05) is 22.2 Å². The normalized spacial score (nSPS) is 10.9. The summed E-state index contributed by atoms with van der Waals surface area (Å²) in [5, 5.41) is 2.98. The summed E-state index contributed by atoms with van der Waals surface area (Å²) in [4.78, 5) is 9.32. The van der Waals surface area contributed by atoms with Crippen LogP contribution in [0.1, 0.15) is 18.3 Å². The van der Waals surface area contributed by atoms with Gasteiger partial charge in [-0.3, -0.25) is 0 Å². The van der Waals surface area contributed by atoms with Crippen molar-refractivity contribution in [3.8, 4) is 11.5 Å². The van der Waals surface area contributed by atoms with E-state index in [-0.39, 0.29) is 0 Å². The summed E-state index contributed by atoms with van der Waals surface area (Å²) in [6, 6.07) is 20.2. The molecule has 4 rings (SSSR count). The molecule has 0 amide bonds. The van der Waals surface area contributed by atoms with Crippen LogP contribution < -0.4 is 7.58 Å². The molecule has 0 aliphatic rings. The molecule has 0 saturated heterocycles. The van der Waals surface area contributed by atoms with Crippen molar-refractivity contribution in [3.63, 3.8) is 0 Å². The molecule has 0 saturated carbocycles.